The summed E-state index contributed by atoms with van der Waals surface area (Å²) in [7, 11) is 0. The van der Waals surface area contributed by atoms with Gasteiger partial charge >= 0.3 is 6.09 Å². The Morgan fingerprint density at radius 1 is 1.09 bits per heavy atom. The van der Waals surface area contributed by atoms with E-state index >= 15 is 0 Å². The Morgan fingerprint density at radius 2 is 1.84 bits per heavy atom. The molecule has 0 aromatic heterocycles. The van der Waals surface area contributed by atoms with Gasteiger partial charge in [-0.25, -0.2) is 4.79 Å². The number of halogens is 1. The molecule has 5 rings (SSSR count). The minimum absolute atomic E-state index is 0.0461. The first-order valence-corrected chi connectivity index (χ1v) is 14.6. The molecule has 43 heavy (non-hydrogen) atoms. The van der Waals surface area contributed by atoms with Crippen LogP contribution in [0.3, 0.4) is 0 Å². The topological polar surface area (TPSA) is 111 Å². The molecule has 0 spiro atoms. The van der Waals surface area contributed by atoms with Gasteiger partial charge in [0.25, 0.3) is 5.91 Å². The molecule has 0 radical (unpaired) electrons. The zero-order valence-electron chi connectivity index (χ0n) is 23.9. The monoisotopic (exact) mass is 603 g/mol. The molecule has 0 aliphatic carbocycles. The summed E-state index contributed by atoms with van der Waals surface area (Å²) >= 11 is 6.31. The van der Waals surface area contributed by atoms with Gasteiger partial charge in [0.05, 0.1) is 25.4 Å². The minimum atomic E-state index is -1.89. The van der Waals surface area contributed by atoms with Crippen molar-refractivity contribution >= 4 is 40.9 Å². The van der Waals surface area contributed by atoms with E-state index < -0.39 is 17.4 Å². The Hall–Kier alpha value is -4.18. The maximum Gasteiger partial charge on any atom is 0.414 e. The predicted octanol–water partition coefficient (Wildman–Crippen LogP) is 4.63. The van der Waals surface area contributed by atoms with E-state index in [-0.39, 0.29) is 38.1 Å². The van der Waals surface area contributed by atoms with Crippen molar-refractivity contribution in [2.75, 3.05) is 36.1 Å². The number of cyclic esters (lactones) is 1. The second kappa shape index (κ2) is 13.0. The highest BCUT2D eigenvalue weighted by Crippen LogP contribution is 2.46. The van der Waals surface area contributed by atoms with Crippen LogP contribution in [0.2, 0.25) is 5.02 Å². The van der Waals surface area contributed by atoms with Gasteiger partial charge in [-0.15, -0.1) is 0 Å². The lowest BCUT2D eigenvalue weighted by Crippen LogP contribution is -2.44. The van der Waals surface area contributed by atoms with Crippen LogP contribution in [0.1, 0.15) is 30.0 Å². The van der Waals surface area contributed by atoms with E-state index in [9.17, 15) is 24.6 Å². The van der Waals surface area contributed by atoms with Gasteiger partial charge in [0.2, 0.25) is 5.91 Å². The van der Waals surface area contributed by atoms with Crippen LogP contribution < -0.4 is 9.80 Å². The first-order valence-electron chi connectivity index (χ1n) is 14.2. The summed E-state index contributed by atoms with van der Waals surface area (Å²) in [5, 5.41) is 21.8. The van der Waals surface area contributed by atoms with Crippen molar-refractivity contribution in [1.82, 2.24) is 4.90 Å². The standard InChI is InChI=1S/C33H34ClN3O6/c1-23(6-5-9-30(39)35(16-18-38)21-24-7-3-2-4-8-24)33(42)28-20-26(34)12-15-29(28)37(31(33)40)22-25-10-13-27(14-11-25)36-17-19-43-32(36)41/h2-8,10-15,20,23,38,42H,9,16-19,21-22H2,1H3/b6-5+/t23-,33+/m0/s1. The summed E-state index contributed by atoms with van der Waals surface area (Å²) in [6.07, 6.45) is 2.99. The lowest BCUT2D eigenvalue weighted by Gasteiger charge is -2.28. The average Bonchev–Trinajstić information content (AvgIpc) is 3.53. The van der Waals surface area contributed by atoms with E-state index in [0.29, 0.717) is 41.7 Å². The smallest absolute Gasteiger partial charge is 0.414 e. The molecule has 2 aliphatic heterocycles. The van der Waals surface area contributed by atoms with Crippen molar-refractivity contribution in [3.63, 3.8) is 0 Å². The number of anilines is 2. The number of carbonyl (C=O) groups is 3. The van der Waals surface area contributed by atoms with Crippen molar-refractivity contribution < 1.29 is 29.3 Å². The molecule has 10 heteroatoms. The second-order valence-electron chi connectivity index (χ2n) is 10.7. The number of aliphatic hydroxyl groups is 2. The number of aliphatic hydroxyl groups excluding tert-OH is 1. The summed E-state index contributed by atoms with van der Waals surface area (Å²) < 4.78 is 5.01. The number of hydrogen-bond acceptors (Lipinski definition) is 6. The predicted molar refractivity (Wildman–Crippen MR) is 164 cm³/mol. The highest BCUT2D eigenvalue weighted by molar-refractivity contribution is 6.31. The quantitative estimate of drug-likeness (QED) is 0.309. The average molecular weight is 604 g/mol. The van der Waals surface area contributed by atoms with Gasteiger partial charge in [-0.2, -0.15) is 0 Å². The molecule has 3 amide bonds. The number of amides is 3. The van der Waals surface area contributed by atoms with Gasteiger partial charge in [-0.05, 0) is 41.5 Å². The van der Waals surface area contributed by atoms with Crippen LogP contribution >= 0.6 is 11.6 Å². The van der Waals surface area contributed by atoms with E-state index in [4.69, 9.17) is 16.3 Å². The summed E-state index contributed by atoms with van der Waals surface area (Å²) in [5.74, 6) is -1.35. The molecule has 2 aliphatic rings. The van der Waals surface area contributed by atoms with Gasteiger partial charge < -0.3 is 24.7 Å². The Morgan fingerprint density at radius 3 is 2.51 bits per heavy atom. The SMILES string of the molecule is C[C@@H](/C=C/CC(=O)N(CCO)Cc1ccccc1)[C@]1(O)C(=O)N(Cc2ccc(N3CCOC3=O)cc2)c2ccc(Cl)cc21. The molecule has 9 nitrogen and oxygen atoms in total. The van der Waals surface area contributed by atoms with E-state index in [1.54, 1.807) is 59.2 Å². The van der Waals surface area contributed by atoms with Crippen molar-refractivity contribution in [1.29, 1.82) is 0 Å². The summed E-state index contributed by atoms with van der Waals surface area (Å²) in [6.45, 7) is 3.16. The normalized spacial score (nSPS) is 18.7. The minimum Gasteiger partial charge on any atom is -0.447 e. The van der Waals surface area contributed by atoms with Crippen LogP contribution in [-0.4, -0.2) is 59.3 Å². The highest BCUT2D eigenvalue weighted by atomic mass is 35.5. The maximum absolute atomic E-state index is 13.9. The van der Waals surface area contributed by atoms with E-state index in [1.165, 1.54) is 4.90 Å². The molecule has 1 fully saturated rings. The fourth-order valence-corrected chi connectivity index (χ4v) is 5.70. The maximum atomic E-state index is 13.9. The molecule has 3 aromatic carbocycles. The third-order valence-corrected chi connectivity index (χ3v) is 8.13. The highest BCUT2D eigenvalue weighted by Gasteiger charge is 2.52. The Balaban J connectivity index is 1.31. The molecule has 2 atom stereocenters. The lowest BCUT2D eigenvalue weighted by atomic mass is 9.83. The van der Waals surface area contributed by atoms with Gasteiger partial charge in [-0.1, -0.05) is 73.1 Å². The molecular formula is C33H34ClN3O6. The number of rotatable bonds is 11. The van der Waals surface area contributed by atoms with Crippen LogP contribution in [0.25, 0.3) is 0 Å². The van der Waals surface area contributed by atoms with Crippen molar-refractivity contribution in [2.24, 2.45) is 5.92 Å². The fraction of sp³-hybridized carbons (Fsp3) is 0.303. The number of benzene rings is 3. The first kappa shape index (κ1) is 30.3. The third kappa shape index (κ3) is 6.29. The summed E-state index contributed by atoms with van der Waals surface area (Å²) in [6, 6.07) is 21.8. The molecule has 0 unspecified atom stereocenters. The molecule has 0 saturated carbocycles. The second-order valence-corrected chi connectivity index (χ2v) is 11.1. The van der Waals surface area contributed by atoms with Crippen LogP contribution in [-0.2, 0) is 33.0 Å². The molecular weight excluding hydrogens is 570 g/mol. The Bertz CT molecular complexity index is 1510. The number of carbonyl (C=O) groups excluding carboxylic acids is 3. The Labute approximate surface area is 255 Å². The number of nitrogens with zero attached hydrogens (tertiary/aromatic N) is 3. The van der Waals surface area contributed by atoms with Gasteiger partial charge in [-0.3, -0.25) is 14.5 Å². The number of fused-ring (bicyclic) bond motifs is 1. The van der Waals surface area contributed by atoms with Crippen LogP contribution in [0, 0.1) is 5.92 Å². The lowest BCUT2D eigenvalue weighted by molar-refractivity contribution is -0.139. The van der Waals surface area contributed by atoms with Gasteiger partial charge in [0, 0.05) is 41.7 Å². The summed E-state index contributed by atoms with van der Waals surface area (Å²) in [4.78, 5) is 43.4. The molecule has 2 heterocycles. The summed E-state index contributed by atoms with van der Waals surface area (Å²) in [5.41, 5.74) is 1.53. The first-order chi connectivity index (χ1) is 20.7. The van der Waals surface area contributed by atoms with Crippen LogP contribution in [0.5, 0.6) is 0 Å². The van der Waals surface area contributed by atoms with Crippen LogP contribution in [0.15, 0.2) is 84.9 Å². The number of hydrogen-bond donors (Lipinski definition) is 2. The van der Waals surface area contributed by atoms with E-state index in [1.807, 2.05) is 42.5 Å². The Kier molecular flexibility index (Phi) is 9.15. The van der Waals surface area contributed by atoms with Gasteiger partial charge in [0.1, 0.15) is 6.61 Å². The van der Waals surface area contributed by atoms with Crippen LogP contribution in [0.4, 0.5) is 16.2 Å². The zero-order valence-corrected chi connectivity index (χ0v) is 24.6. The third-order valence-electron chi connectivity index (χ3n) is 7.90. The number of ether oxygens (including phenoxy) is 1. The van der Waals surface area contributed by atoms with E-state index in [0.717, 1.165) is 11.1 Å². The van der Waals surface area contributed by atoms with Crippen molar-refractivity contribution in [2.45, 2.75) is 32.0 Å². The van der Waals surface area contributed by atoms with Crippen molar-refractivity contribution in [3.05, 3.63) is 107 Å². The molecule has 2 N–H and O–H groups in total. The molecule has 224 valence electrons. The molecule has 1 saturated heterocycles. The zero-order chi connectivity index (χ0) is 30.6. The van der Waals surface area contributed by atoms with Gasteiger partial charge in [0.15, 0.2) is 5.60 Å². The largest absolute Gasteiger partial charge is 0.447 e. The van der Waals surface area contributed by atoms with E-state index in [2.05, 4.69) is 0 Å². The molecule has 0 bridgehead atoms. The fourth-order valence-electron chi connectivity index (χ4n) is 5.53. The van der Waals surface area contributed by atoms with Crippen molar-refractivity contribution in [3.8, 4) is 0 Å². The molecule has 3 aromatic rings.